The predicted octanol–water partition coefficient (Wildman–Crippen LogP) is 2.90. The first-order chi connectivity index (χ1) is 13.7. The molecule has 0 radical (unpaired) electrons. The topological polar surface area (TPSA) is 141 Å². The zero-order valence-electron chi connectivity index (χ0n) is 16.9. The van der Waals surface area contributed by atoms with Gasteiger partial charge in [-0.1, -0.05) is 45.0 Å². The quantitative estimate of drug-likeness (QED) is 0.713. The zero-order valence-corrected chi connectivity index (χ0v) is 18.5. The van der Waals surface area contributed by atoms with Crippen LogP contribution in [0.15, 0.2) is 58.3 Å². The second-order valence-electron chi connectivity index (χ2n) is 7.77. The lowest BCUT2D eigenvalue weighted by atomic mass is 9.81. The van der Waals surface area contributed by atoms with Crippen LogP contribution in [0.5, 0.6) is 0 Å². The van der Waals surface area contributed by atoms with Gasteiger partial charge >= 0.3 is 6.09 Å². The van der Waals surface area contributed by atoms with Gasteiger partial charge in [-0.2, -0.15) is 5.26 Å². The number of nitrogens with zero attached hydrogens (tertiary/aromatic N) is 1. The van der Waals surface area contributed by atoms with E-state index in [9.17, 15) is 32.0 Å². The van der Waals surface area contributed by atoms with Gasteiger partial charge in [0.25, 0.3) is 0 Å². The minimum absolute atomic E-state index is 0.00517. The molecule has 160 valence electrons. The second-order valence-corrected chi connectivity index (χ2v) is 11.8. The van der Waals surface area contributed by atoms with Crippen LogP contribution < -0.4 is 5.32 Å². The Morgan fingerprint density at radius 2 is 1.60 bits per heavy atom. The van der Waals surface area contributed by atoms with Crippen molar-refractivity contribution in [2.24, 2.45) is 5.41 Å². The maximum atomic E-state index is 13.9. The number of carboxylic acid groups (broad SMARTS) is 1. The fourth-order valence-corrected chi connectivity index (χ4v) is 6.78. The maximum Gasteiger partial charge on any atom is 0.406 e. The molecule has 0 aliphatic rings. The Bertz CT molecular complexity index is 1220. The van der Waals surface area contributed by atoms with Crippen molar-refractivity contribution in [3.63, 3.8) is 0 Å². The maximum absolute atomic E-state index is 13.9. The van der Waals surface area contributed by atoms with Crippen LogP contribution in [0.3, 0.4) is 0 Å². The molecule has 0 heterocycles. The summed E-state index contributed by atoms with van der Waals surface area (Å²) in [5, 5.41) is 20.9. The van der Waals surface area contributed by atoms with Gasteiger partial charge in [0, 0.05) is 17.2 Å². The molecule has 0 aromatic heterocycles. The minimum Gasteiger partial charge on any atom is -0.465 e. The molecular weight excluding hydrogens is 428 g/mol. The van der Waals surface area contributed by atoms with E-state index in [1.54, 1.807) is 6.07 Å². The molecule has 1 amide bonds. The molecule has 2 aromatic rings. The van der Waals surface area contributed by atoms with Crippen molar-refractivity contribution in [1.82, 2.24) is 5.32 Å². The first-order valence-electron chi connectivity index (χ1n) is 8.74. The van der Waals surface area contributed by atoms with E-state index in [0.29, 0.717) is 0 Å². The molecular formula is C20H22N2O6S2. The van der Waals surface area contributed by atoms with Crippen molar-refractivity contribution >= 4 is 25.8 Å². The highest BCUT2D eigenvalue weighted by Gasteiger charge is 2.57. The van der Waals surface area contributed by atoms with Gasteiger partial charge in [0.2, 0.25) is 9.84 Å². The summed E-state index contributed by atoms with van der Waals surface area (Å²) in [4.78, 5) is 8.82. The van der Waals surface area contributed by atoms with Crippen LogP contribution in [0.1, 0.15) is 31.9 Å². The Hall–Kier alpha value is -2.90. The summed E-state index contributed by atoms with van der Waals surface area (Å²) in [6, 6.07) is 12.5. The molecule has 1 atom stereocenters. The molecule has 2 N–H and O–H groups in total. The summed E-state index contributed by atoms with van der Waals surface area (Å²) in [6.07, 6.45) is -0.774. The van der Waals surface area contributed by atoms with E-state index in [-0.39, 0.29) is 16.0 Å². The van der Waals surface area contributed by atoms with Crippen molar-refractivity contribution in [3.8, 4) is 6.07 Å². The lowest BCUT2D eigenvalue weighted by molar-refractivity contribution is 0.159. The van der Waals surface area contributed by atoms with Crippen LogP contribution in [-0.2, 0) is 24.5 Å². The van der Waals surface area contributed by atoms with E-state index in [1.807, 2.05) is 6.07 Å². The summed E-state index contributed by atoms with van der Waals surface area (Å²) in [7, 11) is -8.55. The van der Waals surface area contributed by atoms with Gasteiger partial charge < -0.3 is 5.11 Å². The average molecular weight is 451 g/mol. The standard InChI is InChI=1S/C20H22N2O6S2/c1-19(2,3)20(22-18(23)24,30(27,28)15-8-6-5-7-9-15)16-11-10-14(13-21)12-17(16)29(4,25)26/h5-12,22H,1-4H3,(H,23,24). The molecule has 0 aliphatic heterocycles. The van der Waals surface area contributed by atoms with E-state index in [4.69, 9.17) is 0 Å². The number of nitrogens with one attached hydrogen (secondary N) is 1. The third-order valence-electron chi connectivity index (χ3n) is 4.69. The normalized spacial score (nSPS) is 14.4. The zero-order chi connectivity index (χ0) is 23.0. The lowest BCUT2D eigenvalue weighted by Gasteiger charge is -2.44. The highest BCUT2D eigenvalue weighted by atomic mass is 32.2. The van der Waals surface area contributed by atoms with Crippen LogP contribution >= 0.6 is 0 Å². The largest absolute Gasteiger partial charge is 0.465 e. The Kier molecular flexibility index (Phi) is 6.03. The van der Waals surface area contributed by atoms with Gasteiger partial charge in [-0.15, -0.1) is 0 Å². The Balaban J connectivity index is 3.14. The van der Waals surface area contributed by atoms with Crippen molar-refractivity contribution in [3.05, 3.63) is 59.7 Å². The number of hydrogen-bond acceptors (Lipinski definition) is 6. The van der Waals surface area contributed by atoms with Gasteiger partial charge in [-0.25, -0.2) is 21.6 Å². The summed E-state index contributed by atoms with van der Waals surface area (Å²) in [5.41, 5.74) is -1.62. The highest BCUT2D eigenvalue weighted by Crippen LogP contribution is 2.48. The highest BCUT2D eigenvalue weighted by molar-refractivity contribution is 7.93. The molecule has 0 aliphatic carbocycles. The molecule has 0 fully saturated rings. The van der Waals surface area contributed by atoms with Crippen molar-refractivity contribution in [2.75, 3.05) is 6.26 Å². The van der Waals surface area contributed by atoms with Gasteiger partial charge in [-0.05, 0) is 24.3 Å². The Morgan fingerprint density at radius 3 is 2.03 bits per heavy atom. The molecule has 30 heavy (non-hydrogen) atoms. The van der Waals surface area contributed by atoms with Gasteiger partial charge in [0.05, 0.1) is 21.4 Å². The van der Waals surface area contributed by atoms with Crippen LogP contribution in [0.4, 0.5) is 4.79 Å². The molecule has 2 rings (SSSR count). The number of sulfone groups is 2. The third-order valence-corrected chi connectivity index (χ3v) is 8.46. The van der Waals surface area contributed by atoms with Crippen molar-refractivity contribution < 1.29 is 26.7 Å². The molecule has 10 heteroatoms. The first-order valence-corrected chi connectivity index (χ1v) is 12.1. The summed E-state index contributed by atoms with van der Waals surface area (Å²) in [5.74, 6) is 0. The number of amides is 1. The molecule has 0 saturated heterocycles. The van der Waals surface area contributed by atoms with Gasteiger partial charge in [-0.3, -0.25) is 5.32 Å². The fourth-order valence-electron chi connectivity index (χ4n) is 3.39. The minimum atomic E-state index is -4.51. The SMILES string of the molecule is CC(C)(C)C(NC(=O)O)(c1ccc(C#N)cc1S(C)(=O)=O)S(=O)(=O)c1ccccc1. The van der Waals surface area contributed by atoms with Crippen LogP contribution in [0, 0.1) is 16.7 Å². The molecule has 1 unspecified atom stereocenters. The molecule has 2 aromatic carbocycles. The number of carbonyl (C=O) groups is 1. The van der Waals surface area contributed by atoms with Gasteiger partial charge in [0.1, 0.15) is 0 Å². The van der Waals surface area contributed by atoms with Crippen LogP contribution in [0.2, 0.25) is 0 Å². The van der Waals surface area contributed by atoms with Gasteiger partial charge in [0.15, 0.2) is 14.7 Å². The van der Waals surface area contributed by atoms with E-state index in [1.165, 1.54) is 57.2 Å². The van der Waals surface area contributed by atoms with Crippen molar-refractivity contribution in [1.29, 1.82) is 5.26 Å². The smallest absolute Gasteiger partial charge is 0.406 e. The number of hydrogen-bond donors (Lipinski definition) is 2. The molecule has 0 saturated carbocycles. The van der Waals surface area contributed by atoms with Crippen LogP contribution in [0.25, 0.3) is 0 Å². The monoisotopic (exact) mass is 450 g/mol. The number of benzene rings is 2. The van der Waals surface area contributed by atoms with E-state index in [0.717, 1.165) is 12.3 Å². The molecule has 0 spiro atoms. The Labute approximate surface area is 176 Å². The lowest BCUT2D eigenvalue weighted by Crippen LogP contribution is -2.59. The third kappa shape index (κ3) is 3.91. The van der Waals surface area contributed by atoms with E-state index < -0.39 is 40.9 Å². The average Bonchev–Trinajstić information content (AvgIpc) is 2.64. The number of rotatable bonds is 5. The fraction of sp³-hybridized carbons (Fsp3) is 0.300. The summed E-state index contributed by atoms with van der Waals surface area (Å²) in [6.45, 7) is 4.48. The van der Waals surface area contributed by atoms with Crippen LogP contribution in [-0.4, -0.2) is 34.3 Å². The second kappa shape index (κ2) is 7.74. The first kappa shape index (κ1) is 23.4. The van der Waals surface area contributed by atoms with E-state index >= 15 is 0 Å². The Morgan fingerprint density at radius 1 is 1.03 bits per heavy atom. The molecule has 0 bridgehead atoms. The summed E-state index contributed by atoms with van der Waals surface area (Å²) >= 11 is 0. The van der Waals surface area contributed by atoms with E-state index in [2.05, 4.69) is 5.32 Å². The number of nitriles is 1. The summed E-state index contributed by atoms with van der Waals surface area (Å²) < 4.78 is 52.9. The van der Waals surface area contributed by atoms with Crippen molar-refractivity contribution in [2.45, 2.75) is 35.4 Å². The predicted molar refractivity (Wildman–Crippen MR) is 110 cm³/mol. The molecule has 8 nitrogen and oxygen atoms in total.